The van der Waals surface area contributed by atoms with E-state index in [1.54, 1.807) is 12.3 Å². The minimum atomic E-state index is -1.20. The summed E-state index contributed by atoms with van der Waals surface area (Å²) in [6.07, 6.45) is 2.77. The Morgan fingerprint density at radius 1 is 1.39 bits per heavy atom. The number of hydrogen-bond donors (Lipinski definition) is 1. The van der Waals surface area contributed by atoms with E-state index in [0.29, 0.717) is 30.8 Å². The lowest BCUT2D eigenvalue weighted by Gasteiger charge is -2.40. The van der Waals surface area contributed by atoms with Gasteiger partial charge in [-0.15, -0.1) is 0 Å². The van der Waals surface area contributed by atoms with Crippen LogP contribution in [0.1, 0.15) is 44.7 Å². The Morgan fingerprint density at radius 2 is 2.11 bits per heavy atom. The Bertz CT molecular complexity index is 731. The molecule has 1 aromatic rings. The second-order valence-corrected chi connectivity index (χ2v) is 8.27. The summed E-state index contributed by atoms with van der Waals surface area (Å²) >= 11 is 5.92. The lowest BCUT2D eigenvalue weighted by atomic mass is 9.71. The second-order valence-electron chi connectivity index (χ2n) is 7.83. The summed E-state index contributed by atoms with van der Waals surface area (Å²) in [7, 11) is 0. The summed E-state index contributed by atoms with van der Waals surface area (Å²) < 4.78 is 14.5. The van der Waals surface area contributed by atoms with Crippen LogP contribution in [0.15, 0.2) is 18.3 Å². The molecule has 1 saturated carbocycles. The van der Waals surface area contributed by atoms with Gasteiger partial charge in [-0.25, -0.2) is 9.18 Å². The molecule has 0 spiro atoms. The third-order valence-corrected chi connectivity index (χ3v) is 6.41. The van der Waals surface area contributed by atoms with E-state index in [1.165, 1.54) is 4.90 Å². The van der Waals surface area contributed by atoms with E-state index in [0.717, 1.165) is 18.5 Å². The van der Waals surface area contributed by atoms with E-state index in [9.17, 15) is 19.6 Å². The van der Waals surface area contributed by atoms with Crippen LogP contribution in [0.3, 0.4) is 0 Å². The normalized spacial score (nSPS) is 31.8. The van der Waals surface area contributed by atoms with E-state index in [1.807, 2.05) is 13.0 Å². The molecule has 3 rings (SSSR count). The van der Waals surface area contributed by atoms with Gasteiger partial charge in [-0.05, 0) is 44.2 Å². The van der Waals surface area contributed by atoms with Gasteiger partial charge in [-0.2, -0.15) is 5.26 Å². The topological polar surface area (TPSA) is 80.5 Å². The van der Waals surface area contributed by atoms with Crippen molar-refractivity contribution in [1.82, 2.24) is 14.8 Å². The van der Waals surface area contributed by atoms with Gasteiger partial charge in [0.15, 0.2) is 0 Å². The fourth-order valence-electron chi connectivity index (χ4n) is 4.55. The van der Waals surface area contributed by atoms with Crippen molar-refractivity contribution in [1.29, 1.82) is 5.26 Å². The van der Waals surface area contributed by atoms with E-state index in [-0.39, 0.29) is 25.2 Å². The molecular formula is C20H26ClFN4O2. The highest BCUT2D eigenvalue weighted by Gasteiger charge is 2.42. The van der Waals surface area contributed by atoms with Gasteiger partial charge in [-0.1, -0.05) is 18.5 Å². The first-order valence-corrected chi connectivity index (χ1v) is 10.2. The summed E-state index contributed by atoms with van der Waals surface area (Å²) in [5.41, 5.74) is 0.0971. The molecule has 2 atom stereocenters. The van der Waals surface area contributed by atoms with Crippen molar-refractivity contribution in [3.8, 4) is 6.07 Å². The van der Waals surface area contributed by atoms with Crippen molar-refractivity contribution in [2.24, 2.45) is 0 Å². The van der Waals surface area contributed by atoms with E-state index < -0.39 is 17.7 Å². The van der Waals surface area contributed by atoms with Crippen molar-refractivity contribution >= 4 is 17.7 Å². The fraction of sp³-hybridized carbons (Fsp3) is 0.650. The molecule has 1 N–H and O–H groups in total. The van der Waals surface area contributed by atoms with Gasteiger partial charge in [0, 0.05) is 31.4 Å². The van der Waals surface area contributed by atoms with Crippen LogP contribution in [0.2, 0.25) is 5.02 Å². The molecule has 152 valence electrons. The van der Waals surface area contributed by atoms with Crippen LogP contribution in [-0.2, 0) is 5.41 Å². The smallest absolute Gasteiger partial charge is 0.407 e. The molecule has 2 aliphatic rings. The number of amides is 1. The van der Waals surface area contributed by atoms with Gasteiger partial charge < -0.3 is 10.0 Å². The lowest BCUT2D eigenvalue weighted by Crippen LogP contribution is -2.48. The minimum absolute atomic E-state index is 0.0755. The molecule has 2 fully saturated rings. The first kappa shape index (κ1) is 20.8. The number of pyridine rings is 1. The Balaban J connectivity index is 1.72. The number of hydrogen-bond acceptors (Lipinski definition) is 4. The second kappa shape index (κ2) is 8.62. The molecule has 6 nitrogen and oxygen atoms in total. The van der Waals surface area contributed by atoms with Gasteiger partial charge in [0.25, 0.3) is 0 Å². The Kier molecular flexibility index (Phi) is 6.41. The van der Waals surface area contributed by atoms with Crippen molar-refractivity contribution in [3.05, 3.63) is 29.0 Å². The third kappa shape index (κ3) is 4.23. The van der Waals surface area contributed by atoms with Gasteiger partial charge in [0.1, 0.15) is 6.17 Å². The fourth-order valence-corrected chi connectivity index (χ4v) is 4.66. The first-order chi connectivity index (χ1) is 13.4. The Labute approximate surface area is 169 Å². The number of halogens is 2. The van der Waals surface area contributed by atoms with Gasteiger partial charge in [-0.3, -0.25) is 9.88 Å². The molecule has 0 aromatic carbocycles. The number of nitriles is 1. The van der Waals surface area contributed by atoms with Crippen molar-refractivity contribution in [2.45, 2.75) is 62.7 Å². The van der Waals surface area contributed by atoms with Gasteiger partial charge in [0.05, 0.1) is 28.7 Å². The zero-order chi connectivity index (χ0) is 20.3. The number of alkyl halides is 1. The van der Waals surface area contributed by atoms with E-state index in [4.69, 9.17) is 11.6 Å². The largest absolute Gasteiger partial charge is 0.465 e. The SMILES string of the molecule is CCC1CN(C2CCC(C#N)(c3ccc(Cl)cn3)CC2)CC(F)CN1C(=O)O. The lowest BCUT2D eigenvalue weighted by molar-refractivity contribution is 0.101. The number of carboxylic acid groups (broad SMARTS) is 1. The highest BCUT2D eigenvalue weighted by Crippen LogP contribution is 2.40. The van der Waals surface area contributed by atoms with Crippen molar-refractivity contribution in [3.63, 3.8) is 0 Å². The van der Waals surface area contributed by atoms with E-state index in [2.05, 4.69) is 16.0 Å². The predicted molar refractivity (Wildman–Crippen MR) is 104 cm³/mol. The van der Waals surface area contributed by atoms with Crippen LogP contribution in [-0.4, -0.2) is 63.9 Å². The predicted octanol–water partition coefficient (Wildman–Crippen LogP) is 3.85. The summed E-state index contributed by atoms with van der Waals surface area (Å²) in [5.74, 6) is 0. The molecule has 8 heteroatoms. The third-order valence-electron chi connectivity index (χ3n) is 6.19. The van der Waals surface area contributed by atoms with Gasteiger partial charge in [0.2, 0.25) is 0 Å². The van der Waals surface area contributed by atoms with E-state index >= 15 is 0 Å². The first-order valence-electron chi connectivity index (χ1n) is 9.79. The average Bonchev–Trinajstić information content (AvgIpc) is 2.87. The summed E-state index contributed by atoms with van der Waals surface area (Å²) in [4.78, 5) is 19.2. The molecule has 0 radical (unpaired) electrons. The maximum absolute atomic E-state index is 14.5. The highest BCUT2D eigenvalue weighted by molar-refractivity contribution is 6.30. The molecule has 1 aliphatic heterocycles. The van der Waals surface area contributed by atoms with Crippen LogP contribution in [0, 0.1) is 11.3 Å². The maximum atomic E-state index is 14.5. The number of nitrogens with zero attached hydrogens (tertiary/aromatic N) is 4. The zero-order valence-electron chi connectivity index (χ0n) is 16.0. The van der Waals surface area contributed by atoms with Crippen LogP contribution < -0.4 is 0 Å². The molecule has 0 bridgehead atoms. The molecule has 1 aliphatic carbocycles. The number of rotatable bonds is 3. The van der Waals surface area contributed by atoms with Crippen molar-refractivity contribution in [2.75, 3.05) is 19.6 Å². The van der Waals surface area contributed by atoms with Crippen LogP contribution >= 0.6 is 11.6 Å². The molecule has 2 heterocycles. The average molecular weight is 409 g/mol. The summed E-state index contributed by atoms with van der Waals surface area (Å²) in [5, 5.41) is 19.8. The molecule has 28 heavy (non-hydrogen) atoms. The quantitative estimate of drug-likeness (QED) is 0.821. The molecule has 2 unspecified atom stereocenters. The summed E-state index contributed by atoms with van der Waals surface area (Å²) in [6, 6.07) is 5.96. The maximum Gasteiger partial charge on any atom is 0.407 e. The molecular weight excluding hydrogens is 383 g/mol. The molecule has 1 saturated heterocycles. The standard InChI is InChI=1S/C20H26ClFN4O2/c1-2-16-12-25(10-15(22)11-26(16)19(27)28)17-5-7-20(13-23,8-6-17)18-4-3-14(21)9-24-18/h3-4,9,15-17H,2,5-8,10-12H2,1H3,(H,27,28). The molecule has 1 aromatic heterocycles. The van der Waals surface area contributed by atoms with Crippen LogP contribution in [0.5, 0.6) is 0 Å². The monoisotopic (exact) mass is 408 g/mol. The Hall–Kier alpha value is -1.91. The highest BCUT2D eigenvalue weighted by atomic mass is 35.5. The minimum Gasteiger partial charge on any atom is -0.465 e. The summed E-state index contributed by atoms with van der Waals surface area (Å²) in [6.45, 7) is 2.63. The van der Waals surface area contributed by atoms with Crippen LogP contribution in [0.25, 0.3) is 0 Å². The number of aromatic nitrogens is 1. The zero-order valence-corrected chi connectivity index (χ0v) is 16.8. The van der Waals surface area contributed by atoms with Gasteiger partial charge >= 0.3 is 6.09 Å². The van der Waals surface area contributed by atoms with Crippen LogP contribution in [0.4, 0.5) is 9.18 Å². The van der Waals surface area contributed by atoms with Crippen molar-refractivity contribution < 1.29 is 14.3 Å². The molecule has 1 amide bonds. The number of carbonyl (C=O) groups is 1. The Morgan fingerprint density at radius 3 is 2.64 bits per heavy atom.